The molecule has 16 heavy (non-hydrogen) atoms. The zero-order valence-corrected chi connectivity index (χ0v) is 10.4. The highest BCUT2D eigenvalue weighted by atomic mass is 35.5. The molecule has 1 aromatic carbocycles. The summed E-state index contributed by atoms with van der Waals surface area (Å²) < 4.78 is 10.3. The van der Waals surface area contributed by atoms with Gasteiger partial charge in [-0.15, -0.1) is 0 Å². The average molecular weight is 243 g/mol. The standard InChI is InChI=1S/C12H15ClO3/c1-12(2,3)16-11(14)8-15-10-6-4-9(13)5-7-10/h4-7H,8H2,1-3H3. The van der Waals surface area contributed by atoms with Gasteiger partial charge in [-0.3, -0.25) is 0 Å². The molecule has 0 heterocycles. The predicted octanol–water partition coefficient (Wildman–Crippen LogP) is 3.06. The fourth-order valence-corrected chi connectivity index (χ4v) is 1.17. The highest BCUT2D eigenvalue weighted by molar-refractivity contribution is 6.30. The third-order valence-electron chi connectivity index (χ3n) is 1.59. The van der Waals surface area contributed by atoms with Crippen LogP contribution >= 0.6 is 11.6 Å². The fourth-order valence-electron chi connectivity index (χ4n) is 1.04. The van der Waals surface area contributed by atoms with Gasteiger partial charge in [0.1, 0.15) is 11.4 Å². The summed E-state index contributed by atoms with van der Waals surface area (Å²) in [6, 6.07) is 6.80. The topological polar surface area (TPSA) is 35.5 Å². The van der Waals surface area contributed by atoms with Crippen molar-refractivity contribution in [3.63, 3.8) is 0 Å². The average Bonchev–Trinajstić information content (AvgIpc) is 2.14. The Bertz CT molecular complexity index is 352. The molecule has 0 aliphatic carbocycles. The third-order valence-corrected chi connectivity index (χ3v) is 1.84. The van der Waals surface area contributed by atoms with Crippen LogP contribution < -0.4 is 4.74 Å². The second-order valence-electron chi connectivity index (χ2n) is 4.33. The number of carbonyl (C=O) groups excluding carboxylic acids is 1. The van der Waals surface area contributed by atoms with Crippen LogP contribution in [-0.2, 0) is 9.53 Å². The Morgan fingerprint density at radius 1 is 1.25 bits per heavy atom. The molecular weight excluding hydrogens is 228 g/mol. The Labute approximate surface area is 100 Å². The predicted molar refractivity (Wildman–Crippen MR) is 62.8 cm³/mol. The summed E-state index contributed by atoms with van der Waals surface area (Å²) in [5, 5.41) is 0.629. The summed E-state index contributed by atoms with van der Waals surface area (Å²) in [7, 11) is 0. The number of benzene rings is 1. The van der Waals surface area contributed by atoms with Gasteiger partial charge in [-0.2, -0.15) is 0 Å². The van der Waals surface area contributed by atoms with Gasteiger partial charge in [0.15, 0.2) is 6.61 Å². The maximum Gasteiger partial charge on any atom is 0.344 e. The van der Waals surface area contributed by atoms with Gasteiger partial charge in [0, 0.05) is 5.02 Å². The van der Waals surface area contributed by atoms with Crippen molar-refractivity contribution in [3.8, 4) is 5.75 Å². The van der Waals surface area contributed by atoms with Crippen LogP contribution in [0.1, 0.15) is 20.8 Å². The highest BCUT2D eigenvalue weighted by Gasteiger charge is 2.16. The first-order chi connectivity index (χ1) is 7.37. The van der Waals surface area contributed by atoms with Crippen molar-refractivity contribution >= 4 is 17.6 Å². The minimum atomic E-state index is -0.486. The van der Waals surface area contributed by atoms with Crippen molar-refractivity contribution in [2.45, 2.75) is 26.4 Å². The number of esters is 1. The van der Waals surface area contributed by atoms with Gasteiger partial charge in [-0.25, -0.2) is 4.79 Å². The molecule has 4 heteroatoms. The van der Waals surface area contributed by atoms with Crippen LogP contribution in [0.15, 0.2) is 24.3 Å². The van der Waals surface area contributed by atoms with Crippen molar-refractivity contribution in [1.82, 2.24) is 0 Å². The molecule has 0 amide bonds. The number of hydrogen-bond donors (Lipinski definition) is 0. The van der Waals surface area contributed by atoms with E-state index in [-0.39, 0.29) is 12.6 Å². The molecule has 0 saturated heterocycles. The molecular formula is C12H15ClO3. The van der Waals surface area contributed by atoms with Crippen molar-refractivity contribution < 1.29 is 14.3 Å². The van der Waals surface area contributed by atoms with Gasteiger partial charge in [0.05, 0.1) is 0 Å². The van der Waals surface area contributed by atoms with E-state index >= 15 is 0 Å². The minimum absolute atomic E-state index is 0.0983. The summed E-state index contributed by atoms with van der Waals surface area (Å²) in [5.74, 6) is 0.206. The van der Waals surface area contributed by atoms with Crippen LogP contribution in [0.5, 0.6) is 5.75 Å². The number of rotatable bonds is 3. The monoisotopic (exact) mass is 242 g/mol. The first kappa shape index (κ1) is 12.8. The van der Waals surface area contributed by atoms with Crippen molar-refractivity contribution in [2.24, 2.45) is 0 Å². The summed E-state index contributed by atoms with van der Waals surface area (Å²) >= 11 is 5.71. The minimum Gasteiger partial charge on any atom is -0.482 e. The molecule has 0 bridgehead atoms. The lowest BCUT2D eigenvalue weighted by molar-refractivity contribution is -0.157. The summed E-state index contributed by atoms with van der Waals surface area (Å²) in [6.45, 7) is 5.34. The maximum absolute atomic E-state index is 11.3. The van der Waals surface area contributed by atoms with E-state index in [2.05, 4.69) is 0 Å². The van der Waals surface area contributed by atoms with Crippen LogP contribution in [0.3, 0.4) is 0 Å². The lowest BCUT2D eigenvalue weighted by Gasteiger charge is -2.19. The number of carbonyl (C=O) groups is 1. The second-order valence-corrected chi connectivity index (χ2v) is 4.77. The van der Waals surface area contributed by atoms with E-state index in [4.69, 9.17) is 21.1 Å². The molecule has 0 unspecified atom stereocenters. The smallest absolute Gasteiger partial charge is 0.344 e. The Kier molecular flexibility index (Phi) is 4.19. The van der Waals surface area contributed by atoms with E-state index in [1.165, 1.54) is 0 Å². The maximum atomic E-state index is 11.3. The fraction of sp³-hybridized carbons (Fsp3) is 0.417. The molecule has 0 atom stereocenters. The van der Waals surface area contributed by atoms with E-state index < -0.39 is 5.60 Å². The van der Waals surface area contributed by atoms with E-state index in [1.54, 1.807) is 24.3 Å². The molecule has 0 aromatic heterocycles. The molecule has 0 fully saturated rings. The molecule has 1 aromatic rings. The molecule has 1 rings (SSSR count). The molecule has 0 saturated carbocycles. The molecule has 0 N–H and O–H groups in total. The first-order valence-corrected chi connectivity index (χ1v) is 5.35. The second kappa shape index (κ2) is 5.21. The zero-order chi connectivity index (χ0) is 12.2. The van der Waals surface area contributed by atoms with Gasteiger partial charge < -0.3 is 9.47 Å². The SMILES string of the molecule is CC(C)(C)OC(=O)COc1ccc(Cl)cc1. The lowest BCUT2D eigenvalue weighted by atomic mass is 10.2. The van der Waals surface area contributed by atoms with E-state index in [0.29, 0.717) is 10.8 Å². The Morgan fingerprint density at radius 2 is 1.81 bits per heavy atom. The van der Waals surface area contributed by atoms with Gasteiger partial charge in [-0.1, -0.05) is 11.6 Å². The largest absolute Gasteiger partial charge is 0.482 e. The molecule has 88 valence electrons. The van der Waals surface area contributed by atoms with Crippen LogP contribution in [0.2, 0.25) is 5.02 Å². The van der Waals surface area contributed by atoms with Gasteiger partial charge in [0.2, 0.25) is 0 Å². The Morgan fingerprint density at radius 3 is 2.31 bits per heavy atom. The lowest BCUT2D eigenvalue weighted by Crippen LogP contribution is -2.27. The van der Waals surface area contributed by atoms with Crippen LogP contribution in [0, 0.1) is 0 Å². The highest BCUT2D eigenvalue weighted by Crippen LogP contribution is 2.15. The Hall–Kier alpha value is -1.22. The van der Waals surface area contributed by atoms with Crippen LogP contribution in [0.4, 0.5) is 0 Å². The van der Waals surface area contributed by atoms with Crippen LogP contribution in [-0.4, -0.2) is 18.2 Å². The molecule has 0 aliphatic rings. The van der Waals surface area contributed by atoms with E-state index in [9.17, 15) is 4.79 Å². The molecule has 3 nitrogen and oxygen atoms in total. The zero-order valence-electron chi connectivity index (χ0n) is 9.62. The molecule has 0 spiro atoms. The molecule has 0 radical (unpaired) electrons. The Balaban J connectivity index is 2.40. The van der Waals surface area contributed by atoms with Crippen molar-refractivity contribution in [1.29, 1.82) is 0 Å². The first-order valence-electron chi connectivity index (χ1n) is 4.97. The van der Waals surface area contributed by atoms with Crippen molar-refractivity contribution in [3.05, 3.63) is 29.3 Å². The van der Waals surface area contributed by atoms with Gasteiger partial charge >= 0.3 is 5.97 Å². The third kappa shape index (κ3) is 5.03. The van der Waals surface area contributed by atoms with Gasteiger partial charge in [0.25, 0.3) is 0 Å². The summed E-state index contributed by atoms with van der Waals surface area (Å²) in [4.78, 5) is 11.3. The van der Waals surface area contributed by atoms with E-state index in [0.717, 1.165) is 0 Å². The quantitative estimate of drug-likeness (QED) is 0.765. The van der Waals surface area contributed by atoms with Gasteiger partial charge in [-0.05, 0) is 45.0 Å². The van der Waals surface area contributed by atoms with Crippen LogP contribution in [0.25, 0.3) is 0 Å². The summed E-state index contributed by atoms with van der Waals surface area (Å²) in [5.41, 5.74) is -0.486. The van der Waals surface area contributed by atoms with E-state index in [1.807, 2.05) is 20.8 Å². The van der Waals surface area contributed by atoms with Crippen molar-refractivity contribution in [2.75, 3.05) is 6.61 Å². The number of hydrogen-bond acceptors (Lipinski definition) is 3. The number of halogens is 1. The number of ether oxygens (including phenoxy) is 2. The summed E-state index contributed by atoms with van der Waals surface area (Å²) in [6.07, 6.45) is 0. The normalized spacial score (nSPS) is 11.0. The molecule has 0 aliphatic heterocycles.